The molecule has 0 spiro atoms. The molecule has 14 heavy (non-hydrogen) atoms. The van der Waals surface area contributed by atoms with E-state index >= 15 is 0 Å². The minimum absolute atomic E-state index is 0.130. The smallest absolute Gasteiger partial charge is 0.323 e. The second kappa shape index (κ2) is 5.98. The monoisotopic (exact) mass is 203 g/mol. The Morgan fingerprint density at radius 1 is 1.50 bits per heavy atom. The van der Waals surface area contributed by atoms with Gasteiger partial charge in [-0.15, -0.1) is 0 Å². The fourth-order valence-corrected chi connectivity index (χ4v) is 1.19. The summed E-state index contributed by atoms with van der Waals surface area (Å²) in [4.78, 5) is 11.4. The number of aliphatic hydroxyl groups excluding tert-OH is 1. The molecule has 0 aromatic heterocycles. The first kappa shape index (κ1) is 13.4. The maximum absolute atomic E-state index is 11.4. The Bertz CT molecular complexity index is 175. The lowest BCUT2D eigenvalue weighted by atomic mass is 9.86. The van der Waals surface area contributed by atoms with Crippen molar-refractivity contribution in [3.8, 4) is 0 Å². The van der Waals surface area contributed by atoms with Gasteiger partial charge >= 0.3 is 5.97 Å². The van der Waals surface area contributed by atoms with E-state index in [0.29, 0.717) is 13.0 Å². The second-order valence-electron chi connectivity index (χ2n) is 4.35. The Hall–Kier alpha value is -0.610. The Kier molecular flexibility index (Phi) is 5.72. The molecule has 0 amide bonds. The van der Waals surface area contributed by atoms with Crippen molar-refractivity contribution in [2.45, 2.75) is 33.2 Å². The van der Waals surface area contributed by atoms with Crippen molar-refractivity contribution in [1.29, 1.82) is 0 Å². The first-order valence-electron chi connectivity index (χ1n) is 4.85. The number of carbonyl (C=O) groups excluding carboxylic acids is 1. The van der Waals surface area contributed by atoms with Gasteiger partial charge < -0.3 is 15.2 Å². The van der Waals surface area contributed by atoms with Crippen LogP contribution in [0.4, 0.5) is 0 Å². The summed E-state index contributed by atoms with van der Waals surface area (Å²) in [5.41, 5.74) is -0.178. The maximum Gasteiger partial charge on any atom is 0.323 e. The third-order valence-electron chi connectivity index (χ3n) is 1.99. The van der Waals surface area contributed by atoms with Gasteiger partial charge in [0.1, 0.15) is 6.04 Å². The van der Waals surface area contributed by atoms with Gasteiger partial charge in [0, 0.05) is 6.61 Å². The van der Waals surface area contributed by atoms with Crippen molar-refractivity contribution in [1.82, 2.24) is 5.32 Å². The molecule has 0 aliphatic rings. The second-order valence-corrected chi connectivity index (χ2v) is 4.35. The molecule has 0 rings (SSSR count). The van der Waals surface area contributed by atoms with E-state index in [1.54, 1.807) is 0 Å². The van der Waals surface area contributed by atoms with Gasteiger partial charge in [0.25, 0.3) is 0 Å². The summed E-state index contributed by atoms with van der Waals surface area (Å²) >= 11 is 0. The zero-order chi connectivity index (χ0) is 11.2. The number of aliphatic hydroxyl groups is 1. The van der Waals surface area contributed by atoms with Gasteiger partial charge in [-0.05, 0) is 18.4 Å². The number of hydrogen-bond acceptors (Lipinski definition) is 4. The summed E-state index contributed by atoms with van der Waals surface area (Å²) in [5, 5.41) is 11.7. The van der Waals surface area contributed by atoms with Crippen molar-refractivity contribution in [2.24, 2.45) is 5.41 Å². The zero-order valence-corrected chi connectivity index (χ0v) is 9.46. The Morgan fingerprint density at radius 3 is 2.43 bits per heavy atom. The Morgan fingerprint density at radius 2 is 2.07 bits per heavy atom. The van der Waals surface area contributed by atoms with Crippen molar-refractivity contribution in [3.63, 3.8) is 0 Å². The van der Waals surface area contributed by atoms with Crippen LogP contribution in [-0.4, -0.2) is 37.4 Å². The number of ether oxygens (including phenoxy) is 1. The minimum Gasteiger partial charge on any atom is -0.468 e. The molecule has 84 valence electrons. The van der Waals surface area contributed by atoms with Crippen molar-refractivity contribution in [3.05, 3.63) is 0 Å². The highest BCUT2D eigenvalue weighted by atomic mass is 16.5. The predicted molar refractivity (Wildman–Crippen MR) is 55.0 cm³/mol. The molecule has 0 heterocycles. The van der Waals surface area contributed by atoms with Gasteiger partial charge in [0.05, 0.1) is 7.11 Å². The number of rotatable bonds is 5. The van der Waals surface area contributed by atoms with E-state index in [9.17, 15) is 4.79 Å². The van der Waals surface area contributed by atoms with Crippen LogP contribution in [0.2, 0.25) is 0 Å². The molecule has 0 saturated heterocycles. The average Bonchev–Trinajstić information content (AvgIpc) is 2.09. The number of hydrogen-bond donors (Lipinski definition) is 2. The van der Waals surface area contributed by atoms with E-state index in [2.05, 4.69) is 5.32 Å². The highest BCUT2D eigenvalue weighted by Gasteiger charge is 2.31. The van der Waals surface area contributed by atoms with Crippen LogP contribution < -0.4 is 5.32 Å². The Labute approximate surface area is 85.6 Å². The molecule has 0 bridgehead atoms. The molecule has 0 radical (unpaired) electrons. The van der Waals surface area contributed by atoms with E-state index in [4.69, 9.17) is 9.84 Å². The van der Waals surface area contributed by atoms with Gasteiger partial charge in [-0.1, -0.05) is 20.8 Å². The summed E-state index contributed by atoms with van der Waals surface area (Å²) < 4.78 is 4.71. The summed E-state index contributed by atoms with van der Waals surface area (Å²) in [6.07, 6.45) is 0.642. The standard InChI is InChI=1S/C10H21NO3/c1-10(2,3)8(9(13)14-4)11-6-5-7-12/h8,11-12H,5-7H2,1-4H3. The minimum atomic E-state index is -0.320. The first-order valence-corrected chi connectivity index (χ1v) is 4.85. The van der Waals surface area contributed by atoms with Crippen LogP contribution in [0, 0.1) is 5.41 Å². The van der Waals surface area contributed by atoms with Crippen LogP contribution in [0.25, 0.3) is 0 Å². The lowest BCUT2D eigenvalue weighted by molar-refractivity contribution is -0.146. The topological polar surface area (TPSA) is 58.6 Å². The molecule has 2 N–H and O–H groups in total. The lowest BCUT2D eigenvalue weighted by Crippen LogP contribution is -2.47. The van der Waals surface area contributed by atoms with Crippen LogP contribution in [-0.2, 0) is 9.53 Å². The fraction of sp³-hybridized carbons (Fsp3) is 0.900. The molecule has 0 saturated carbocycles. The third-order valence-corrected chi connectivity index (χ3v) is 1.99. The molecule has 1 atom stereocenters. The first-order chi connectivity index (χ1) is 6.43. The van der Waals surface area contributed by atoms with Gasteiger partial charge in [-0.25, -0.2) is 0 Å². The van der Waals surface area contributed by atoms with E-state index < -0.39 is 0 Å². The highest BCUT2D eigenvalue weighted by molar-refractivity contribution is 5.76. The van der Waals surface area contributed by atoms with E-state index in [-0.39, 0.29) is 24.0 Å². The number of carbonyl (C=O) groups is 1. The van der Waals surface area contributed by atoms with Crippen LogP contribution in [0.3, 0.4) is 0 Å². The van der Waals surface area contributed by atoms with Gasteiger partial charge in [-0.2, -0.15) is 0 Å². The van der Waals surface area contributed by atoms with Crippen LogP contribution in [0.15, 0.2) is 0 Å². The summed E-state index contributed by atoms with van der Waals surface area (Å²) in [6, 6.07) is -0.320. The quantitative estimate of drug-likeness (QED) is 0.506. The zero-order valence-electron chi connectivity index (χ0n) is 9.46. The van der Waals surface area contributed by atoms with Crippen LogP contribution >= 0.6 is 0 Å². The maximum atomic E-state index is 11.4. The number of methoxy groups -OCH3 is 1. The number of nitrogens with one attached hydrogen (secondary N) is 1. The van der Waals surface area contributed by atoms with E-state index in [1.165, 1.54) is 7.11 Å². The fourth-order valence-electron chi connectivity index (χ4n) is 1.19. The number of esters is 1. The summed E-state index contributed by atoms with van der Waals surface area (Å²) in [5.74, 6) is -0.254. The molecule has 0 aromatic carbocycles. The van der Waals surface area contributed by atoms with Crippen molar-refractivity contribution < 1.29 is 14.6 Å². The average molecular weight is 203 g/mol. The molecule has 4 nitrogen and oxygen atoms in total. The SMILES string of the molecule is COC(=O)C(NCCCO)C(C)(C)C. The molecule has 1 unspecified atom stereocenters. The van der Waals surface area contributed by atoms with Crippen molar-refractivity contribution in [2.75, 3.05) is 20.3 Å². The van der Waals surface area contributed by atoms with Gasteiger partial charge in [-0.3, -0.25) is 4.79 Å². The third kappa shape index (κ3) is 4.58. The van der Waals surface area contributed by atoms with Gasteiger partial charge in [0.2, 0.25) is 0 Å². The molecule has 4 heteroatoms. The largest absolute Gasteiger partial charge is 0.468 e. The van der Waals surface area contributed by atoms with Gasteiger partial charge in [0.15, 0.2) is 0 Å². The van der Waals surface area contributed by atoms with Crippen LogP contribution in [0.1, 0.15) is 27.2 Å². The molecule has 0 fully saturated rings. The molecule has 0 aliphatic heterocycles. The molecule has 0 aliphatic carbocycles. The van der Waals surface area contributed by atoms with E-state index in [0.717, 1.165) is 0 Å². The Balaban J connectivity index is 4.19. The normalized spacial score (nSPS) is 13.8. The molecule has 0 aromatic rings. The lowest BCUT2D eigenvalue weighted by Gasteiger charge is -2.29. The molecular weight excluding hydrogens is 182 g/mol. The van der Waals surface area contributed by atoms with Crippen LogP contribution in [0.5, 0.6) is 0 Å². The predicted octanol–water partition coefficient (Wildman–Crippen LogP) is 0.546. The highest BCUT2D eigenvalue weighted by Crippen LogP contribution is 2.20. The summed E-state index contributed by atoms with van der Waals surface area (Å²) in [6.45, 7) is 6.67. The summed E-state index contributed by atoms with van der Waals surface area (Å²) in [7, 11) is 1.38. The molecular formula is C10H21NO3. The van der Waals surface area contributed by atoms with E-state index in [1.807, 2.05) is 20.8 Å². The van der Waals surface area contributed by atoms with Crippen molar-refractivity contribution >= 4 is 5.97 Å².